The molecule has 0 bridgehead atoms. The van der Waals surface area contributed by atoms with Crippen LogP contribution in [0.1, 0.15) is 50.5 Å². The van der Waals surface area contributed by atoms with Crippen LogP contribution in [0, 0.1) is 11.8 Å². The van der Waals surface area contributed by atoms with Crippen molar-refractivity contribution in [3.8, 4) is 0 Å². The first-order valence-corrected chi connectivity index (χ1v) is 13.1. The number of ether oxygens (including phenoxy) is 1. The van der Waals surface area contributed by atoms with E-state index in [1.165, 1.54) is 12.1 Å². The van der Waals surface area contributed by atoms with E-state index in [0.29, 0.717) is 25.6 Å². The van der Waals surface area contributed by atoms with Gasteiger partial charge < -0.3 is 4.74 Å². The van der Waals surface area contributed by atoms with Crippen LogP contribution >= 0.6 is 0 Å². The highest BCUT2D eigenvalue weighted by atomic mass is 32.2. The van der Waals surface area contributed by atoms with Crippen molar-refractivity contribution in [2.45, 2.75) is 68.1 Å². The largest absolute Gasteiger partial charge is 0.416 e. The van der Waals surface area contributed by atoms with Crippen LogP contribution in [-0.2, 0) is 20.9 Å². The van der Waals surface area contributed by atoms with Crippen LogP contribution in [0.4, 0.5) is 13.2 Å². The molecule has 5 nitrogen and oxygen atoms in total. The minimum Gasteiger partial charge on any atom is -0.385 e. The monoisotopic (exact) mass is 474 g/mol. The summed E-state index contributed by atoms with van der Waals surface area (Å²) in [5, 5.41) is 0. The number of methoxy groups -OCH3 is 1. The van der Waals surface area contributed by atoms with E-state index in [1.54, 1.807) is 11.4 Å². The zero-order valence-corrected chi connectivity index (χ0v) is 19.4. The molecule has 4 atom stereocenters. The van der Waals surface area contributed by atoms with Crippen LogP contribution in [0.25, 0.3) is 0 Å². The molecule has 1 aromatic rings. The lowest BCUT2D eigenvalue weighted by Crippen LogP contribution is -2.65. The molecular weight excluding hydrogens is 441 g/mol. The number of hydrogen-bond acceptors (Lipinski definition) is 4. The lowest BCUT2D eigenvalue weighted by molar-refractivity contribution is -0.137. The standard InChI is InChI=1S/C23H33F3N2O3S/c1-31-14-3-2-11-21-20-10-6-13-27-12-5-7-17(22(20)27)16-28(21)32(29,30)19-9-4-8-18(15-19)23(24,25)26/h4,8-9,15,17,20-22H,2-3,5-7,10-14,16H2,1H3/t17-,20+,21+,22-/m0/s1. The van der Waals surface area contributed by atoms with Crippen molar-refractivity contribution in [3.05, 3.63) is 29.8 Å². The van der Waals surface area contributed by atoms with E-state index in [9.17, 15) is 21.6 Å². The minimum absolute atomic E-state index is 0.187. The number of rotatable bonds is 7. The number of benzene rings is 1. The highest BCUT2D eigenvalue weighted by Crippen LogP contribution is 2.45. The van der Waals surface area contributed by atoms with Gasteiger partial charge in [-0.2, -0.15) is 17.5 Å². The predicted octanol–water partition coefficient (Wildman–Crippen LogP) is 4.39. The topological polar surface area (TPSA) is 49.9 Å². The van der Waals surface area contributed by atoms with E-state index in [0.717, 1.165) is 63.7 Å². The van der Waals surface area contributed by atoms with Crippen LogP contribution in [0.5, 0.6) is 0 Å². The Hall–Kier alpha value is -1.16. The molecule has 0 unspecified atom stereocenters. The lowest BCUT2D eigenvalue weighted by atomic mass is 9.70. The quantitative estimate of drug-likeness (QED) is 0.550. The Morgan fingerprint density at radius 2 is 1.88 bits per heavy atom. The fourth-order valence-electron chi connectivity index (χ4n) is 6.16. The van der Waals surface area contributed by atoms with Crippen molar-refractivity contribution in [3.63, 3.8) is 0 Å². The van der Waals surface area contributed by atoms with Gasteiger partial charge in [0.1, 0.15) is 0 Å². The third-order valence-electron chi connectivity index (χ3n) is 7.49. The molecule has 0 N–H and O–H groups in total. The SMILES string of the molecule is COCCCC[C@@H]1[C@H]2CCCN3CCC[C@@H](CN1S(=O)(=O)c1cccc(C(F)(F)F)c1)[C@@H]23. The summed E-state index contributed by atoms with van der Waals surface area (Å²) < 4.78 is 74.0. The summed E-state index contributed by atoms with van der Waals surface area (Å²) in [6.45, 7) is 3.14. The molecule has 32 heavy (non-hydrogen) atoms. The van der Waals surface area contributed by atoms with Gasteiger partial charge in [-0.15, -0.1) is 0 Å². The molecule has 0 spiro atoms. The third-order valence-corrected chi connectivity index (χ3v) is 9.38. The molecule has 3 aliphatic heterocycles. The normalized spacial score (nSPS) is 29.6. The molecule has 180 valence electrons. The highest BCUT2D eigenvalue weighted by molar-refractivity contribution is 7.89. The molecule has 1 aromatic carbocycles. The van der Waals surface area contributed by atoms with Crippen molar-refractivity contribution in [1.82, 2.24) is 9.21 Å². The van der Waals surface area contributed by atoms with Crippen LogP contribution < -0.4 is 0 Å². The predicted molar refractivity (Wildman–Crippen MR) is 116 cm³/mol. The number of hydrogen-bond donors (Lipinski definition) is 0. The molecule has 3 heterocycles. The summed E-state index contributed by atoms with van der Waals surface area (Å²) in [4.78, 5) is 2.29. The molecule has 9 heteroatoms. The van der Waals surface area contributed by atoms with Gasteiger partial charge in [0, 0.05) is 32.3 Å². The van der Waals surface area contributed by atoms with Crippen molar-refractivity contribution in [2.75, 3.05) is 33.4 Å². The van der Waals surface area contributed by atoms with Gasteiger partial charge in [0.05, 0.1) is 10.5 Å². The number of sulfonamides is 1. The molecule has 3 fully saturated rings. The van der Waals surface area contributed by atoms with Gasteiger partial charge in [-0.1, -0.05) is 6.07 Å². The average molecular weight is 475 g/mol. The Kier molecular flexibility index (Phi) is 7.20. The summed E-state index contributed by atoms with van der Waals surface area (Å²) in [5.41, 5.74) is -0.924. The Morgan fingerprint density at radius 3 is 2.59 bits per heavy atom. The van der Waals surface area contributed by atoms with Gasteiger partial charge in [0.25, 0.3) is 0 Å². The van der Waals surface area contributed by atoms with Gasteiger partial charge in [0.15, 0.2) is 0 Å². The fraction of sp³-hybridized carbons (Fsp3) is 0.739. The molecule has 0 aliphatic carbocycles. The van der Waals surface area contributed by atoms with Crippen LogP contribution in [-0.4, -0.2) is 63.1 Å². The van der Waals surface area contributed by atoms with Crippen LogP contribution in [0.3, 0.4) is 0 Å². The Labute approximate surface area is 189 Å². The maximum absolute atomic E-state index is 13.7. The smallest absolute Gasteiger partial charge is 0.385 e. The van der Waals surface area contributed by atoms with Crippen LogP contribution in [0.15, 0.2) is 29.2 Å². The summed E-state index contributed by atoms with van der Waals surface area (Å²) in [6.07, 6.45) is 1.85. The summed E-state index contributed by atoms with van der Waals surface area (Å²) in [5.74, 6) is 0.468. The zero-order chi connectivity index (χ0) is 22.9. The molecule has 3 saturated heterocycles. The first kappa shape index (κ1) is 24.0. The van der Waals surface area contributed by atoms with Gasteiger partial charge in [-0.3, -0.25) is 4.90 Å². The molecule has 0 amide bonds. The summed E-state index contributed by atoms with van der Waals surface area (Å²) in [6, 6.07) is 4.41. The molecule has 0 saturated carbocycles. The van der Waals surface area contributed by atoms with E-state index in [1.807, 2.05) is 0 Å². The summed E-state index contributed by atoms with van der Waals surface area (Å²) >= 11 is 0. The first-order valence-electron chi connectivity index (χ1n) is 11.7. The molecule has 3 aliphatic rings. The first-order chi connectivity index (χ1) is 15.2. The summed E-state index contributed by atoms with van der Waals surface area (Å²) in [7, 11) is -2.39. The van der Waals surface area contributed by atoms with Gasteiger partial charge in [0.2, 0.25) is 10.0 Å². The minimum atomic E-state index is -4.58. The van der Waals surface area contributed by atoms with E-state index >= 15 is 0 Å². The van der Waals surface area contributed by atoms with Gasteiger partial charge in [-0.25, -0.2) is 8.42 Å². The molecule has 0 radical (unpaired) electrons. The average Bonchev–Trinajstić information content (AvgIpc) is 2.77. The van der Waals surface area contributed by atoms with E-state index in [-0.39, 0.29) is 22.8 Å². The van der Waals surface area contributed by atoms with E-state index < -0.39 is 21.8 Å². The second-order valence-corrected chi connectivity index (χ2v) is 11.3. The molecular formula is C23H33F3N2O3S. The van der Waals surface area contributed by atoms with Crippen molar-refractivity contribution >= 4 is 10.0 Å². The second kappa shape index (κ2) is 9.60. The third kappa shape index (κ3) is 4.72. The van der Waals surface area contributed by atoms with E-state index in [2.05, 4.69) is 4.90 Å². The van der Waals surface area contributed by atoms with E-state index in [4.69, 9.17) is 4.74 Å². The molecule has 4 rings (SSSR count). The number of halogens is 3. The maximum Gasteiger partial charge on any atom is 0.416 e. The molecule has 0 aromatic heterocycles. The Balaban J connectivity index is 1.67. The van der Waals surface area contributed by atoms with Crippen molar-refractivity contribution in [2.24, 2.45) is 11.8 Å². The van der Waals surface area contributed by atoms with Gasteiger partial charge in [-0.05, 0) is 88.1 Å². The lowest BCUT2D eigenvalue weighted by Gasteiger charge is -2.57. The number of alkyl halides is 3. The Bertz CT molecular complexity index is 891. The number of piperidine rings is 3. The number of nitrogens with zero attached hydrogens (tertiary/aromatic N) is 2. The zero-order valence-electron chi connectivity index (χ0n) is 18.6. The van der Waals surface area contributed by atoms with Crippen LogP contribution in [0.2, 0.25) is 0 Å². The fourth-order valence-corrected chi connectivity index (χ4v) is 7.96. The number of unbranched alkanes of at least 4 members (excludes halogenated alkanes) is 1. The second-order valence-electron chi connectivity index (χ2n) is 9.39. The maximum atomic E-state index is 13.7. The Morgan fingerprint density at radius 1 is 1.12 bits per heavy atom. The van der Waals surface area contributed by atoms with Crippen molar-refractivity contribution in [1.29, 1.82) is 0 Å². The highest BCUT2D eigenvalue weighted by Gasteiger charge is 2.51. The van der Waals surface area contributed by atoms with Gasteiger partial charge >= 0.3 is 6.18 Å². The van der Waals surface area contributed by atoms with Crippen molar-refractivity contribution < 1.29 is 26.3 Å².